The average Bonchev–Trinajstić information content (AvgIpc) is 1.35. The van der Waals surface area contributed by atoms with Gasteiger partial charge in [0.1, 0.15) is 0 Å². The molecule has 0 aliphatic rings. The van der Waals surface area contributed by atoms with E-state index in [2.05, 4.69) is 0 Å². The lowest BCUT2D eigenvalue weighted by Crippen LogP contribution is -2.14. The van der Waals surface area contributed by atoms with Gasteiger partial charge in [-0.2, -0.15) is 0 Å². The molecule has 0 radical (unpaired) electrons. The van der Waals surface area contributed by atoms with E-state index in [0.717, 1.165) is 0 Å². The molecule has 7 heavy (non-hydrogen) atoms. The minimum atomic E-state index is -0.294. The molecule has 0 rings (SSSR count). The lowest BCUT2D eigenvalue weighted by atomic mass is 10.3. The van der Waals surface area contributed by atoms with Gasteiger partial charge >= 0.3 is 0 Å². The zero-order valence-electron chi connectivity index (χ0n) is 4.36. The van der Waals surface area contributed by atoms with E-state index in [4.69, 9.17) is 5.73 Å². The fourth-order valence-electron chi connectivity index (χ4n) is 0.172. The summed E-state index contributed by atoms with van der Waals surface area (Å²) in [5.41, 5.74) is 5.16. The summed E-state index contributed by atoms with van der Waals surface area (Å²) in [6.07, 6.45) is 0.486. The van der Waals surface area contributed by atoms with Gasteiger partial charge in [0.15, 0.2) is 0 Å². The normalized spacial score (nSPS) is 12.4. The Morgan fingerprint density at radius 3 is 2.14 bits per heavy atom. The Morgan fingerprint density at radius 2 is 2.14 bits per heavy atom. The highest BCUT2D eigenvalue weighted by atomic mass is 35.5. The maximum atomic E-state index is 11.2. The molecule has 0 spiro atoms. The molecule has 0 saturated heterocycles. The van der Waals surface area contributed by atoms with Crippen LogP contribution in [0.2, 0.25) is 0 Å². The Morgan fingerprint density at radius 1 is 1.71 bits per heavy atom. The van der Waals surface area contributed by atoms with Crippen LogP contribution in [-0.2, 0) is 0 Å². The van der Waals surface area contributed by atoms with Crippen molar-refractivity contribution in [2.45, 2.75) is 19.4 Å². The van der Waals surface area contributed by atoms with Gasteiger partial charge in [-0.1, -0.05) is 0 Å². The molecule has 0 aliphatic carbocycles. The number of halogens is 2. The Kier molecular flexibility index (Phi) is 9.02. The van der Waals surface area contributed by atoms with Crippen molar-refractivity contribution in [1.29, 1.82) is 0 Å². The fraction of sp³-hybridized carbons (Fsp3) is 1.00. The van der Waals surface area contributed by atoms with Gasteiger partial charge in [-0.25, -0.2) is 0 Å². The van der Waals surface area contributed by atoms with Gasteiger partial charge in [0.25, 0.3) is 0 Å². The highest BCUT2D eigenvalue weighted by Crippen LogP contribution is 1.83. The van der Waals surface area contributed by atoms with Gasteiger partial charge in [-0.3, -0.25) is 4.39 Å². The fourth-order valence-corrected chi connectivity index (χ4v) is 0.172. The van der Waals surface area contributed by atoms with Crippen LogP contribution < -0.4 is 5.73 Å². The highest BCUT2D eigenvalue weighted by molar-refractivity contribution is 5.85. The van der Waals surface area contributed by atoms with E-state index in [-0.39, 0.29) is 25.1 Å². The molecular formula is C4H11ClFN. The summed E-state index contributed by atoms with van der Waals surface area (Å²) in [7, 11) is 0. The van der Waals surface area contributed by atoms with Gasteiger partial charge in [0.2, 0.25) is 0 Å². The van der Waals surface area contributed by atoms with Gasteiger partial charge in [0.05, 0.1) is 6.67 Å². The van der Waals surface area contributed by atoms with Crippen molar-refractivity contribution < 1.29 is 4.39 Å². The lowest BCUT2D eigenvalue weighted by molar-refractivity contribution is 0.447. The largest absolute Gasteiger partial charge is 0.328 e. The molecule has 0 saturated carbocycles. The van der Waals surface area contributed by atoms with E-state index in [1.54, 1.807) is 6.92 Å². The molecule has 0 unspecified atom stereocenters. The van der Waals surface area contributed by atoms with Crippen LogP contribution in [0.4, 0.5) is 4.39 Å². The molecular weight excluding hydrogens is 117 g/mol. The van der Waals surface area contributed by atoms with Crippen molar-refractivity contribution in [3.05, 3.63) is 0 Å². The van der Waals surface area contributed by atoms with Gasteiger partial charge in [0, 0.05) is 6.04 Å². The quantitative estimate of drug-likeness (QED) is 0.591. The van der Waals surface area contributed by atoms with Crippen molar-refractivity contribution in [2.75, 3.05) is 6.67 Å². The molecule has 0 aromatic heterocycles. The van der Waals surface area contributed by atoms with Crippen LogP contribution in [0, 0.1) is 0 Å². The average molecular weight is 128 g/mol. The zero-order valence-corrected chi connectivity index (χ0v) is 5.17. The standard InChI is InChI=1S/C4H10FN.ClH/c1-4(6)2-3-5;/h4H,2-3,6H2,1H3;1H/t4-;/m1./s1. The van der Waals surface area contributed by atoms with Crippen LogP contribution in [0.1, 0.15) is 13.3 Å². The summed E-state index contributed by atoms with van der Waals surface area (Å²) in [5.74, 6) is 0. The van der Waals surface area contributed by atoms with Gasteiger partial charge in [-0.05, 0) is 13.3 Å². The first kappa shape index (κ1) is 10.2. The molecule has 0 aromatic carbocycles. The number of hydrogen-bond acceptors (Lipinski definition) is 1. The minimum Gasteiger partial charge on any atom is -0.328 e. The van der Waals surface area contributed by atoms with Crippen LogP contribution in [-0.4, -0.2) is 12.7 Å². The zero-order chi connectivity index (χ0) is 4.99. The van der Waals surface area contributed by atoms with Crippen LogP contribution in [0.25, 0.3) is 0 Å². The van der Waals surface area contributed by atoms with Crippen molar-refractivity contribution in [2.24, 2.45) is 5.73 Å². The second-order valence-electron chi connectivity index (χ2n) is 1.45. The minimum absolute atomic E-state index is 0. The highest BCUT2D eigenvalue weighted by Gasteiger charge is 1.87. The molecule has 3 heteroatoms. The Bertz CT molecular complexity index is 32.9. The first-order chi connectivity index (χ1) is 2.77. The lowest BCUT2D eigenvalue weighted by Gasteiger charge is -1.94. The van der Waals surface area contributed by atoms with Crippen LogP contribution in [0.5, 0.6) is 0 Å². The third-order valence-corrected chi connectivity index (χ3v) is 0.564. The summed E-state index contributed by atoms with van der Waals surface area (Å²) in [6, 6.07) is 0.0231. The van der Waals surface area contributed by atoms with Crippen molar-refractivity contribution in [3.63, 3.8) is 0 Å². The summed E-state index contributed by atoms with van der Waals surface area (Å²) in [5, 5.41) is 0. The Labute approximate surface area is 49.5 Å². The molecule has 0 bridgehead atoms. The molecule has 0 fully saturated rings. The van der Waals surface area contributed by atoms with Crippen LogP contribution in [0.3, 0.4) is 0 Å². The molecule has 0 aliphatic heterocycles. The Hall–Kier alpha value is 0.180. The van der Waals surface area contributed by atoms with E-state index in [1.165, 1.54) is 0 Å². The molecule has 0 amide bonds. The monoisotopic (exact) mass is 127 g/mol. The molecule has 0 heterocycles. The second-order valence-corrected chi connectivity index (χ2v) is 1.45. The van der Waals surface area contributed by atoms with E-state index in [0.29, 0.717) is 6.42 Å². The van der Waals surface area contributed by atoms with Crippen molar-refractivity contribution in [3.8, 4) is 0 Å². The third-order valence-electron chi connectivity index (χ3n) is 0.564. The topological polar surface area (TPSA) is 26.0 Å². The number of nitrogens with two attached hydrogens (primary N) is 1. The first-order valence-electron chi connectivity index (χ1n) is 2.09. The summed E-state index contributed by atoms with van der Waals surface area (Å²) in [6.45, 7) is 1.50. The van der Waals surface area contributed by atoms with E-state index >= 15 is 0 Å². The predicted octanol–water partition coefficient (Wildman–Crippen LogP) is 1.12. The number of rotatable bonds is 2. The second kappa shape index (κ2) is 6.18. The van der Waals surface area contributed by atoms with Gasteiger partial charge < -0.3 is 5.73 Å². The molecule has 0 aromatic rings. The molecule has 2 N–H and O–H groups in total. The number of alkyl halides is 1. The van der Waals surface area contributed by atoms with E-state index < -0.39 is 0 Å². The van der Waals surface area contributed by atoms with Crippen molar-refractivity contribution >= 4 is 12.4 Å². The SMILES string of the molecule is C[C@@H](N)CCF.Cl. The predicted molar refractivity (Wildman–Crippen MR) is 31.5 cm³/mol. The molecule has 1 atom stereocenters. The van der Waals surface area contributed by atoms with Crippen LogP contribution in [0.15, 0.2) is 0 Å². The maximum absolute atomic E-state index is 11.2. The summed E-state index contributed by atoms with van der Waals surface area (Å²) >= 11 is 0. The smallest absolute Gasteiger partial charge is 0.0909 e. The summed E-state index contributed by atoms with van der Waals surface area (Å²) < 4.78 is 11.2. The van der Waals surface area contributed by atoms with Gasteiger partial charge in [-0.15, -0.1) is 12.4 Å². The molecule has 46 valence electrons. The van der Waals surface area contributed by atoms with E-state index in [9.17, 15) is 4.39 Å². The Balaban J connectivity index is 0. The first-order valence-corrected chi connectivity index (χ1v) is 2.09. The number of hydrogen-bond donors (Lipinski definition) is 1. The molecule has 1 nitrogen and oxygen atoms in total. The van der Waals surface area contributed by atoms with Crippen LogP contribution >= 0.6 is 12.4 Å². The maximum Gasteiger partial charge on any atom is 0.0909 e. The third kappa shape index (κ3) is 10.7. The van der Waals surface area contributed by atoms with Crippen molar-refractivity contribution in [1.82, 2.24) is 0 Å². The van der Waals surface area contributed by atoms with E-state index in [1.807, 2.05) is 0 Å². The summed E-state index contributed by atoms with van der Waals surface area (Å²) in [4.78, 5) is 0.